The number of benzene rings is 4. The van der Waals surface area contributed by atoms with Gasteiger partial charge in [0.1, 0.15) is 11.6 Å². The number of rotatable bonds is 11. The fourth-order valence-electron chi connectivity index (χ4n) is 4.79. The first-order chi connectivity index (χ1) is 20.8. The van der Waals surface area contributed by atoms with E-state index in [1.165, 1.54) is 6.07 Å². The molecule has 0 saturated heterocycles. The smallest absolute Gasteiger partial charge is 0.416 e. The van der Waals surface area contributed by atoms with E-state index in [0.29, 0.717) is 30.3 Å². The molecule has 9 heteroatoms. The third kappa shape index (κ3) is 7.68. The summed E-state index contributed by atoms with van der Waals surface area (Å²) in [7, 11) is 1.61. The lowest BCUT2D eigenvalue weighted by molar-refractivity contribution is -0.137. The Morgan fingerprint density at radius 2 is 1.56 bits per heavy atom. The average molecular weight is 585 g/mol. The van der Waals surface area contributed by atoms with Crippen LogP contribution in [0.2, 0.25) is 0 Å². The molecule has 6 nitrogen and oxygen atoms in total. The molecule has 0 aliphatic carbocycles. The van der Waals surface area contributed by atoms with Gasteiger partial charge < -0.3 is 15.0 Å². The van der Waals surface area contributed by atoms with Crippen LogP contribution in [0.4, 0.5) is 19.0 Å². The third-order valence-corrected chi connectivity index (χ3v) is 7.10. The van der Waals surface area contributed by atoms with E-state index >= 15 is 0 Å². The number of hydrogen-bond donors (Lipinski definition) is 1. The topological polar surface area (TPSA) is 67.3 Å². The molecule has 5 rings (SSSR count). The molecule has 0 fully saturated rings. The highest BCUT2D eigenvalue weighted by molar-refractivity contribution is 5.91. The standard InChI is InChI=1S/C34H31F3N4O2/c1-43-28-16-14-26(15-17-28)32-39-30-13-6-5-12-29(30)33(40-32)41(20-18-24-8-3-2-4-9-24)21-19-31(42)38-23-25-10-7-11-27(22-25)34(35,36)37/h2-17,22H,18-21,23H2,1H3,(H,38,42). The highest BCUT2D eigenvalue weighted by atomic mass is 19.4. The molecule has 1 heterocycles. The van der Waals surface area contributed by atoms with Crippen molar-refractivity contribution in [1.82, 2.24) is 15.3 Å². The Hall–Kier alpha value is -4.92. The Morgan fingerprint density at radius 3 is 2.30 bits per heavy atom. The monoisotopic (exact) mass is 584 g/mol. The highest BCUT2D eigenvalue weighted by Gasteiger charge is 2.30. The number of nitrogens with one attached hydrogen (secondary N) is 1. The molecule has 220 valence electrons. The molecule has 1 amide bonds. The molecular weight excluding hydrogens is 553 g/mol. The van der Waals surface area contributed by atoms with Gasteiger partial charge in [-0.05, 0) is 66.1 Å². The number of anilines is 1. The lowest BCUT2D eigenvalue weighted by atomic mass is 10.1. The maximum absolute atomic E-state index is 13.1. The molecule has 1 aromatic heterocycles. The van der Waals surface area contributed by atoms with Gasteiger partial charge in [-0.3, -0.25) is 4.79 Å². The second kappa shape index (κ2) is 13.4. The summed E-state index contributed by atoms with van der Waals surface area (Å²) >= 11 is 0. The molecule has 0 atom stereocenters. The summed E-state index contributed by atoms with van der Waals surface area (Å²) in [6, 6.07) is 30.3. The number of carbonyl (C=O) groups is 1. The molecule has 0 aliphatic heterocycles. The second-order valence-electron chi connectivity index (χ2n) is 10.1. The van der Waals surface area contributed by atoms with Gasteiger partial charge in [-0.15, -0.1) is 0 Å². The zero-order chi connectivity index (χ0) is 30.2. The highest BCUT2D eigenvalue weighted by Crippen LogP contribution is 2.30. The van der Waals surface area contributed by atoms with Gasteiger partial charge in [-0.25, -0.2) is 9.97 Å². The van der Waals surface area contributed by atoms with Gasteiger partial charge in [0.2, 0.25) is 5.91 Å². The molecule has 0 bridgehead atoms. The zero-order valence-corrected chi connectivity index (χ0v) is 23.6. The Morgan fingerprint density at radius 1 is 0.837 bits per heavy atom. The number of amides is 1. The summed E-state index contributed by atoms with van der Waals surface area (Å²) in [6.07, 6.45) is -3.59. The molecule has 1 N–H and O–H groups in total. The predicted octanol–water partition coefficient (Wildman–Crippen LogP) is 7.08. The normalized spacial score (nSPS) is 11.3. The van der Waals surface area contributed by atoms with Gasteiger partial charge in [0.05, 0.1) is 18.2 Å². The van der Waals surface area contributed by atoms with Gasteiger partial charge in [-0.1, -0.05) is 54.6 Å². The van der Waals surface area contributed by atoms with Crippen LogP contribution >= 0.6 is 0 Å². The van der Waals surface area contributed by atoms with Gasteiger partial charge in [0, 0.05) is 37.0 Å². The van der Waals surface area contributed by atoms with Crippen molar-refractivity contribution in [3.63, 3.8) is 0 Å². The largest absolute Gasteiger partial charge is 0.497 e. The Kier molecular flexibility index (Phi) is 9.20. The van der Waals surface area contributed by atoms with Crippen LogP contribution in [0, 0.1) is 0 Å². The molecule has 0 spiro atoms. The van der Waals surface area contributed by atoms with Gasteiger partial charge >= 0.3 is 6.18 Å². The van der Waals surface area contributed by atoms with Crippen molar-refractivity contribution >= 4 is 22.6 Å². The molecule has 0 radical (unpaired) electrons. The molecule has 5 aromatic rings. The van der Waals surface area contributed by atoms with E-state index in [1.807, 2.05) is 66.7 Å². The van der Waals surface area contributed by atoms with E-state index in [2.05, 4.69) is 22.3 Å². The number of carbonyl (C=O) groups excluding carboxylic acids is 1. The first kappa shape index (κ1) is 29.6. The van der Waals surface area contributed by atoms with E-state index in [1.54, 1.807) is 13.2 Å². The van der Waals surface area contributed by atoms with Crippen molar-refractivity contribution in [2.24, 2.45) is 0 Å². The quantitative estimate of drug-likeness (QED) is 0.180. The fourth-order valence-corrected chi connectivity index (χ4v) is 4.79. The Balaban J connectivity index is 1.39. The summed E-state index contributed by atoms with van der Waals surface area (Å²) in [5.74, 6) is 1.72. The molecule has 0 aliphatic rings. The van der Waals surface area contributed by atoms with Crippen molar-refractivity contribution < 1.29 is 22.7 Å². The molecule has 0 saturated carbocycles. The molecule has 0 unspecified atom stereocenters. The number of halogens is 3. The van der Waals surface area contributed by atoms with Crippen molar-refractivity contribution in [2.75, 3.05) is 25.1 Å². The lowest BCUT2D eigenvalue weighted by Crippen LogP contribution is -2.33. The van der Waals surface area contributed by atoms with E-state index < -0.39 is 11.7 Å². The average Bonchev–Trinajstić information content (AvgIpc) is 3.03. The first-order valence-corrected chi connectivity index (χ1v) is 13.9. The predicted molar refractivity (Wildman–Crippen MR) is 162 cm³/mol. The number of aromatic nitrogens is 2. The summed E-state index contributed by atoms with van der Waals surface area (Å²) in [6.45, 7) is 0.948. The maximum Gasteiger partial charge on any atom is 0.416 e. The Labute approximate surface area is 248 Å². The summed E-state index contributed by atoms with van der Waals surface area (Å²) < 4.78 is 44.6. The van der Waals surface area contributed by atoms with Crippen LogP contribution < -0.4 is 15.0 Å². The van der Waals surface area contributed by atoms with Crippen LogP contribution in [0.25, 0.3) is 22.3 Å². The van der Waals surface area contributed by atoms with Crippen LogP contribution in [0.1, 0.15) is 23.1 Å². The minimum absolute atomic E-state index is 0.00479. The fraction of sp³-hybridized carbons (Fsp3) is 0.206. The number of ether oxygens (including phenoxy) is 1. The number of para-hydroxylation sites is 1. The van der Waals surface area contributed by atoms with E-state index in [9.17, 15) is 18.0 Å². The van der Waals surface area contributed by atoms with E-state index in [-0.39, 0.29) is 18.9 Å². The minimum Gasteiger partial charge on any atom is -0.497 e. The SMILES string of the molecule is COc1ccc(-c2nc(N(CCC(=O)NCc3cccc(C(F)(F)F)c3)CCc3ccccc3)c3ccccc3n2)cc1. The van der Waals surface area contributed by atoms with Crippen LogP contribution in [0.3, 0.4) is 0 Å². The van der Waals surface area contributed by atoms with Gasteiger partial charge in [0.25, 0.3) is 0 Å². The van der Waals surface area contributed by atoms with Crippen LogP contribution in [0.5, 0.6) is 5.75 Å². The minimum atomic E-state index is -4.44. The first-order valence-electron chi connectivity index (χ1n) is 13.9. The molecule has 4 aromatic carbocycles. The third-order valence-electron chi connectivity index (χ3n) is 7.10. The number of alkyl halides is 3. The van der Waals surface area contributed by atoms with E-state index in [0.717, 1.165) is 46.3 Å². The zero-order valence-electron chi connectivity index (χ0n) is 23.6. The van der Waals surface area contributed by atoms with Crippen molar-refractivity contribution in [3.05, 3.63) is 120 Å². The second-order valence-corrected chi connectivity index (χ2v) is 10.1. The number of hydrogen-bond acceptors (Lipinski definition) is 5. The number of nitrogens with zero attached hydrogens (tertiary/aromatic N) is 3. The lowest BCUT2D eigenvalue weighted by Gasteiger charge is -2.25. The summed E-state index contributed by atoms with van der Waals surface area (Å²) in [5, 5.41) is 3.62. The van der Waals surface area contributed by atoms with E-state index in [4.69, 9.17) is 14.7 Å². The van der Waals surface area contributed by atoms with Crippen LogP contribution in [0.15, 0.2) is 103 Å². The van der Waals surface area contributed by atoms with Gasteiger partial charge in [0.15, 0.2) is 5.82 Å². The number of methoxy groups -OCH3 is 1. The number of fused-ring (bicyclic) bond motifs is 1. The summed E-state index contributed by atoms with van der Waals surface area (Å²) in [5.41, 5.74) is 2.39. The van der Waals surface area contributed by atoms with Crippen molar-refractivity contribution in [2.45, 2.75) is 25.6 Å². The van der Waals surface area contributed by atoms with Crippen LogP contribution in [-0.2, 0) is 23.9 Å². The van der Waals surface area contributed by atoms with Crippen molar-refractivity contribution in [3.8, 4) is 17.1 Å². The Bertz CT molecular complexity index is 1680. The van der Waals surface area contributed by atoms with Gasteiger partial charge in [-0.2, -0.15) is 13.2 Å². The molecule has 43 heavy (non-hydrogen) atoms. The maximum atomic E-state index is 13.1. The molecular formula is C34H31F3N4O2. The van der Waals surface area contributed by atoms with Crippen LogP contribution in [-0.4, -0.2) is 36.1 Å². The summed E-state index contributed by atoms with van der Waals surface area (Å²) in [4.78, 5) is 24.8. The van der Waals surface area contributed by atoms with Crippen molar-refractivity contribution in [1.29, 1.82) is 0 Å².